The molecule has 1 heterocycles. The van der Waals surface area contributed by atoms with Crippen molar-refractivity contribution in [3.63, 3.8) is 0 Å². The molecule has 0 amide bonds. The number of rotatable bonds is 3. The number of hydrogen-bond donors (Lipinski definition) is 0. The van der Waals surface area contributed by atoms with Gasteiger partial charge in [0.25, 0.3) is 5.56 Å². The first kappa shape index (κ1) is 12.6. The lowest BCUT2D eigenvalue weighted by Crippen LogP contribution is -2.20. The van der Waals surface area contributed by atoms with Gasteiger partial charge in [0.05, 0.1) is 30.9 Å². The molecule has 0 saturated carbocycles. The van der Waals surface area contributed by atoms with Gasteiger partial charge in [-0.15, -0.1) is 0 Å². The molecule has 4 nitrogen and oxygen atoms in total. The molecule has 2 rings (SSSR count). The molecule has 0 fully saturated rings. The molecule has 0 saturated heterocycles. The summed E-state index contributed by atoms with van der Waals surface area (Å²) in [6, 6.07) is 2.49. The van der Waals surface area contributed by atoms with Crippen LogP contribution in [0.25, 0.3) is 10.9 Å². The van der Waals surface area contributed by atoms with Crippen molar-refractivity contribution in [3.05, 3.63) is 46.2 Å². The van der Waals surface area contributed by atoms with Crippen molar-refractivity contribution < 1.29 is 9.13 Å². The number of allylic oxidation sites excluding steroid dienone is 1. The first-order chi connectivity index (χ1) is 8.52. The van der Waals surface area contributed by atoms with Gasteiger partial charge in [-0.05, 0) is 6.07 Å². The summed E-state index contributed by atoms with van der Waals surface area (Å²) in [6.07, 6.45) is 1.31. The fraction of sp³-hybridized carbons (Fsp3) is 0.167. The molecule has 0 bridgehead atoms. The van der Waals surface area contributed by atoms with Crippen LogP contribution >= 0.6 is 11.6 Å². The van der Waals surface area contributed by atoms with Crippen LogP contribution in [0.2, 0.25) is 0 Å². The fourth-order valence-corrected chi connectivity index (χ4v) is 1.74. The van der Waals surface area contributed by atoms with Gasteiger partial charge in [0.2, 0.25) is 0 Å². The molecule has 94 valence electrons. The van der Waals surface area contributed by atoms with E-state index in [4.69, 9.17) is 16.3 Å². The molecule has 1 aromatic carbocycles. The second-order valence-corrected chi connectivity index (χ2v) is 4.23. The van der Waals surface area contributed by atoms with Gasteiger partial charge in [0.1, 0.15) is 0 Å². The van der Waals surface area contributed by atoms with Crippen molar-refractivity contribution in [2.75, 3.05) is 7.11 Å². The Morgan fingerprint density at radius 3 is 2.94 bits per heavy atom. The van der Waals surface area contributed by atoms with Crippen LogP contribution in [0.3, 0.4) is 0 Å². The summed E-state index contributed by atoms with van der Waals surface area (Å²) in [5.74, 6) is -0.555. The third-order valence-electron chi connectivity index (χ3n) is 2.44. The van der Waals surface area contributed by atoms with Crippen LogP contribution in [0.4, 0.5) is 4.39 Å². The van der Waals surface area contributed by atoms with Gasteiger partial charge < -0.3 is 4.74 Å². The van der Waals surface area contributed by atoms with Crippen molar-refractivity contribution in [1.29, 1.82) is 0 Å². The molecule has 2 aromatic rings. The highest BCUT2D eigenvalue weighted by atomic mass is 35.5. The molecule has 1 aromatic heterocycles. The maximum Gasteiger partial charge on any atom is 0.261 e. The number of ether oxygens (including phenoxy) is 1. The average molecular weight is 269 g/mol. The van der Waals surface area contributed by atoms with Crippen LogP contribution in [-0.2, 0) is 6.54 Å². The van der Waals surface area contributed by atoms with Crippen molar-refractivity contribution in [3.8, 4) is 5.75 Å². The lowest BCUT2D eigenvalue weighted by molar-refractivity contribution is 0.387. The van der Waals surface area contributed by atoms with E-state index in [0.29, 0.717) is 5.03 Å². The van der Waals surface area contributed by atoms with E-state index in [0.717, 1.165) is 6.07 Å². The molecule has 0 aliphatic rings. The Labute approximate surface area is 107 Å². The Bertz CT molecular complexity index is 682. The van der Waals surface area contributed by atoms with Crippen LogP contribution in [0.5, 0.6) is 5.75 Å². The van der Waals surface area contributed by atoms with Gasteiger partial charge in [0, 0.05) is 11.1 Å². The lowest BCUT2D eigenvalue weighted by atomic mass is 10.2. The van der Waals surface area contributed by atoms with E-state index in [9.17, 15) is 9.18 Å². The summed E-state index contributed by atoms with van der Waals surface area (Å²) in [4.78, 5) is 16.1. The minimum atomic E-state index is -0.559. The van der Waals surface area contributed by atoms with Gasteiger partial charge in [-0.25, -0.2) is 9.37 Å². The van der Waals surface area contributed by atoms with E-state index in [-0.39, 0.29) is 28.8 Å². The van der Waals surface area contributed by atoms with E-state index in [2.05, 4.69) is 11.6 Å². The third kappa shape index (κ3) is 2.22. The summed E-state index contributed by atoms with van der Waals surface area (Å²) in [6.45, 7) is 3.67. The zero-order valence-electron chi connectivity index (χ0n) is 9.61. The van der Waals surface area contributed by atoms with E-state index in [1.165, 1.54) is 24.1 Å². The van der Waals surface area contributed by atoms with Crippen molar-refractivity contribution in [2.45, 2.75) is 6.54 Å². The Balaban J connectivity index is 2.69. The number of hydrogen-bond acceptors (Lipinski definition) is 3. The monoisotopic (exact) mass is 268 g/mol. The molecule has 0 unspecified atom stereocenters. The second kappa shape index (κ2) is 4.78. The minimum absolute atomic E-state index is 0.00356. The third-order valence-corrected chi connectivity index (χ3v) is 2.56. The van der Waals surface area contributed by atoms with Gasteiger partial charge in [-0.1, -0.05) is 18.2 Å². The summed E-state index contributed by atoms with van der Waals surface area (Å²) in [5, 5.41) is 0.584. The SMILES string of the molecule is C=C(Cl)Cn1cnc2cc(F)c(OC)cc2c1=O. The first-order valence-electron chi connectivity index (χ1n) is 5.09. The Hall–Kier alpha value is -1.88. The topological polar surface area (TPSA) is 44.1 Å². The highest BCUT2D eigenvalue weighted by Crippen LogP contribution is 2.21. The molecule has 0 radical (unpaired) electrons. The molecule has 0 aliphatic heterocycles. The maximum atomic E-state index is 13.5. The van der Waals surface area contributed by atoms with Crippen molar-refractivity contribution >= 4 is 22.5 Å². The second-order valence-electron chi connectivity index (χ2n) is 3.70. The number of nitrogens with zero attached hydrogens (tertiary/aromatic N) is 2. The number of benzene rings is 1. The predicted molar refractivity (Wildman–Crippen MR) is 67.5 cm³/mol. The van der Waals surface area contributed by atoms with Gasteiger partial charge >= 0.3 is 0 Å². The average Bonchev–Trinajstić information content (AvgIpc) is 2.32. The molecule has 6 heteroatoms. The summed E-state index contributed by atoms with van der Waals surface area (Å²) in [5.41, 5.74) is -0.0464. The fourth-order valence-electron chi connectivity index (χ4n) is 1.61. The zero-order chi connectivity index (χ0) is 13.3. The van der Waals surface area contributed by atoms with E-state index in [1.807, 2.05) is 0 Å². The molecular formula is C12H10ClFN2O2. The van der Waals surface area contributed by atoms with Gasteiger partial charge in [0.15, 0.2) is 11.6 Å². The zero-order valence-corrected chi connectivity index (χ0v) is 10.4. The Morgan fingerprint density at radius 2 is 2.33 bits per heavy atom. The van der Waals surface area contributed by atoms with Crippen LogP contribution in [0, 0.1) is 5.82 Å². The van der Waals surface area contributed by atoms with Crippen LogP contribution in [0.15, 0.2) is 34.9 Å². The molecule has 0 aliphatic carbocycles. The highest BCUT2D eigenvalue weighted by Gasteiger charge is 2.10. The van der Waals surface area contributed by atoms with Gasteiger partial charge in [-0.3, -0.25) is 9.36 Å². The van der Waals surface area contributed by atoms with Gasteiger partial charge in [-0.2, -0.15) is 0 Å². The van der Waals surface area contributed by atoms with E-state index >= 15 is 0 Å². The molecule has 0 N–H and O–H groups in total. The molecule has 0 atom stereocenters. The Morgan fingerprint density at radius 1 is 1.61 bits per heavy atom. The largest absolute Gasteiger partial charge is 0.494 e. The number of aromatic nitrogens is 2. The quantitative estimate of drug-likeness (QED) is 0.858. The Kier molecular flexibility index (Phi) is 3.34. The predicted octanol–water partition coefficient (Wildman–Crippen LogP) is 2.30. The van der Waals surface area contributed by atoms with E-state index in [1.54, 1.807) is 0 Å². The highest BCUT2D eigenvalue weighted by molar-refractivity contribution is 6.29. The van der Waals surface area contributed by atoms with Crippen LogP contribution in [-0.4, -0.2) is 16.7 Å². The molecule has 0 spiro atoms. The summed E-state index contributed by atoms with van der Waals surface area (Å²) >= 11 is 5.65. The van der Waals surface area contributed by atoms with Crippen molar-refractivity contribution in [2.24, 2.45) is 0 Å². The normalized spacial score (nSPS) is 10.6. The number of fused-ring (bicyclic) bond motifs is 1. The molecular weight excluding hydrogens is 259 g/mol. The molecule has 18 heavy (non-hydrogen) atoms. The standard InChI is InChI=1S/C12H10ClFN2O2/c1-7(13)5-16-6-15-10-4-9(14)11(18-2)3-8(10)12(16)17/h3-4,6H,1,5H2,2H3. The first-order valence-corrected chi connectivity index (χ1v) is 5.46. The van der Waals surface area contributed by atoms with E-state index < -0.39 is 5.82 Å². The van der Waals surface area contributed by atoms with Crippen molar-refractivity contribution in [1.82, 2.24) is 9.55 Å². The minimum Gasteiger partial charge on any atom is -0.494 e. The van der Waals surface area contributed by atoms with Crippen LogP contribution in [0.1, 0.15) is 0 Å². The summed E-state index contributed by atoms with van der Waals surface area (Å²) < 4.78 is 19.6. The lowest BCUT2D eigenvalue weighted by Gasteiger charge is -2.07. The van der Waals surface area contributed by atoms with Crippen LogP contribution < -0.4 is 10.3 Å². The number of halogens is 2. The smallest absolute Gasteiger partial charge is 0.261 e. The summed E-state index contributed by atoms with van der Waals surface area (Å²) in [7, 11) is 1.33. The number of methoxy groups -OCH3 is 1. The maximum absolute atomic E-state index is 13.5.